The second-order valence-electron chi connectivity index (χ2n) is 8.92. The molecule has 9 heteroatoms. The van der Waals surface area contributed by atoms with Crippen molar-refractivity contribution in [2.24, 2.45) is 5.92 Å². The molecule has 3 aromatic rings. The number of nitrogens with one attached hydrogen (secondary N) is 1. The Morgan fingerprint density at radius 2 is 1.94 bits per heavy atom. The molecule has 0 spiro atoms. The molecule has 5 rings (SSSR count). The lowest BCUT2D eigenvalue weighted by atomic mass is 9.96. The summed E-state index contributed by atoms with van der Waals surface area (Å²) >= 11 is 0. The molecule has 1 saturated carbocycles. The van der Waals surface area contributed by atoms with Crippen LogP contribution >= 0.6 is 0 Å². The molecule has 8 nitrogen and oxygen atoms in total. The summed E-state index contributed by atoms with van der Waals surface area (Å²) in [6.07, 6.45) is 6.84. The van der Waals surface area contributed by atoms with E-state index in [0.717, 1.165) is 24.0 Å². The van der Waals surface area contributed by atoms with Crippen LogP contribution in [0, 0.1) is 18.7 Å². The second kappa shape index (κ2) is 8.06. The predicted molar refractivity (Wildman–Crippen MR) is 121 cm³/mol. The van der Waals surface area contributed by atoms with Crippen LogP contribution in [-0.4, -0.2) is 38.2 Å². The SMILES string of the molecule is Cc1cc(-c2cnc(C(C)Nc3nccc(N4C(=O)OC[C@]4(C)C4CC4)n3)nc2)ccc1F. The maximum atomic E-state index is 13.5. The molecular formula is C24H25FN6O2. The van der Waals surface area contributed by atoms with Gasteiger partial charge in [-0.25, -0.2) is 24.1 Å². The Balaban J connectivity index is 1.32. The maximum Gasteiger partial charge on any atom is 0.416 e. The van der Waals surface area contributed by atoms with Crippen molar-refractivity contribution in [1.82, 2.24) is 19.9 Å². The van der Waals surface area contributed by atoms with E-state index in [0.29, 0.717) is 35.7 Å². The average Bonchev–Trinajstić information content (AvgIpc) is 3.62. The van der Waals surface area contributed by atoms with E-state index in [1.54, 1.807) is 48.6 Å². The van der Waals surface area contributed by atoms with Crippen LogP contribution in [0.2, 0.25) is 0 Å². The zero-order valence-corrected chi connectivity index (χ0v) is 18.7. The fourth-order valence-corrected chi connectivity index (χ4v) is 4.24. The van der Waals surface area contributed by atoms with Crippen molar-refractivity contribution in [3.8, 4) is 11.1 Å². The monoisotopic (exact) mass is 448 g/mol. The Labute approximate surface area is 191 Å². The van der Waals surface area contributed by atoms with E-state index in [4.69, 9.17) is 4.74 Å². The van der Waals surface area contributed by atoms with Gasteiger partial charge in [0, 0.05) is 24.2 Å². The number of carbonyl (C=O) groups is 1. The van der Waals surface area contributed by atoms with Crippen LogP contribution in [0.3, 0.4) is 0 Å². The number of amides is 1. The van der Waals surface area contributed by atoms with Gasteiger partial charge in [-0.05, 0) is 68.9 Å². The van der Waals surface area contributed by atoms with Crippen molar-refractivity contribution in [2.75, 3.05) is 16.8 Å². The molecule has 1 aliphatic carbocycles. The highest BCUT2D eigenvalue weighted by Gasteiger charge is 2.54. The van der Waals surface area contributed by atoms with Crippen molar-refractivity contribution in [1.29, 1.82) is 0 Å². The van der Waals surface area contributed by atoms with Gasteiger partial charge in [-0.1, -0.05) is 6.07 Å². The first-order valence-electron chi connectivity index (χ1n) is 11.0. The Bertz CT molecular complexity index is 1200. The number of ether oxygens (including phenoxy) is 1. The van der Waals surface area contributed by atoms with Crippen LogP contribution in [0.4, 0.5) is 21.0 Å². The molecule has 1 saturated heterocycles. The van der Waals surface area contributed by atoms with Crippen LogP contribution in [0.1, 0.15) is 44.1 Å². The summed E-state index contributed by atoms with van der Waals surface area (Å²) in [6.45, 7) is 6.05. The van der Waals surface area contributed by atoms with Crippen molar-refractivity contribution < 1.29 is 13.9 Å². The molecule has 1 unspecified atom stereocenters. The minimum Gasteiger partial charge on any atom is -0.447 e. The molecule has 2 aromatic heterocycles. The van der Waals surface area contributed by atoms with Gasteiger partial charge in [0.15, 0.2) is 0 Å². The van der Waals surface area contributed by atoms with Crippen LogP contribution in [0.15, 0.2) is 42.9 Å². The lowest BCUT2D eigenvalue weighted by Gasteiger charge is -2.31. The summed E-state index contributed by atoms with van der Waals surface area (Å²) in [6, 6.07) is 6.37. The normalized spacial score (nSPS) is 21.1. The first kappa shape index (κ1) is 21.2. The molecule has 2 atom stereocenters. The van der Waals surface area contributed by atoms with Crippen LogP contribution in [0.5, 0.6) is 0 Å². The van der Waals surface area contributed by atoms with Crippen molar-refractivity contribution in [3.05, 3.63) is 60.1 Å². The number of anilines is 2. The molecule has 0 bridgehead atoms. The highest BCUT2D eigenvalue weighted by Crippen LogP contribution is 2.47. The number of nitrogens with zero attached hydrogens (tertiary/aromatic N) is 5. The Hall–Kier alpha value is -3.62. The molecule has 33 heavy (non-hydrogen) atoms. The molecule has 170 valence electrons. The van der Waals surface area contributed by atoms with E-state index in [1.165, 1.54) is 6.07 Å². The number of aromatic nitrogens is 4. The molecule has 2 aliphatic rings. The smallest absolute Gasteiger partial charge is 0.416 e. The van der Waals surface area contributed by atoms with Gasteiger partial charge in [-0.15, -0.1) is 0 Å². The lowest BCUT2D eigenvalue weighted by Crippen LogP contribution is -2.47. The minimum absolute atomic E-state index is 0.240. The third-order valence-corrected chi connectivity index (χ3v) is 6.40. The van der Waals surface area contributed by atoms with E-state index < -0.39 is 0 Å². The highest BCUT2D eigenvalue weighted by molar-refractivity contribution is 5.90. The molecular weight excluding hydrogens is 423 g/mol. The number of hydrogen-bond acceptors (Lipinski definition) is 7. The summed E-state index contributed by atoms with van der Waals surface area (Å²) < 4.78 is 18.9. The highest BCUT2D eigenvalue weighted by atomic mass is 19.1. The number of rotatable bonds is 6. The molecule has 3 heterocycles. The first-order chi connectivity index (χ1) is 15.8. The maximum absolute atomic E-state index is 13.5. The zero-order chi connectivity index (χ0) is 23.2. The topological polar surface area (TPSA) is 93.1 Å². The van der Waals surface area contributed by atoms with Crippen LogP contribution < -0.4 is 10.2 Å². The number of hydrogen-bond donors (Lipinski definition) is 1. The number of benzene rings is 1. The summed E-state index contributed by atoms with van der Waals surface area (Å²) in [5, 5.41) is 3.21. The second-order valence-corrected chi connectivity index (χ2v) is 8.92. The van der Waals surface area contributed by atoms with E-state index in [1.807, 2.05) is 13.8 Å². The largest absolute Gasteiger partial charge is 0.447 e. The molecule has 2 fully saturated rings. The first-order valence-corrected chi connectivity index (χ1v) is 11.0. The fraction of sp³-hybridized carbons (Fsp3) is 0.375. The van der Waals surface area contributed by atoms with Gasteiger partial charge in [0.1, 0.15) is 24.1 Å². The quantitative estimate of drug-likeness (QED) is 0.585. The lowest BCUT2D eigenvalue weighted by molar-refractivity contribution is 0.172. The van der Waals surface area contributed by atoms with Crippen LogP contribution in [0.25, 0.3) is 11.1 Å². The average molecular weight is 449 g/mol. The van der Waals surface area contributed by atoms with Gasteiger partial charge >= 0.3 is 6.09 Å². The minimum atomic E-state index is -0.383. The van der Waals surface area contributed by atoms with Crippen LogP contribution in [-0.2, 0) is 4.74 Å². The number of aryl methyl sites for hydroxylation is 1. The third-order valence-electron chi connectivity index (χ3n) is 6.40. The van der Waals surface area contributed by atoms with E-state index >= 15 is 0 Å². The predicted octanol–water partition coefficient (Wildman–Crippen LogP) is 4.68. The number of cyclic esters (lactones) is 1. The van der Waals surface area contributed by atoms with Crippen molar-refractivity contribution >= 4 is 17.9 Å². The summed E-state index contributed by atoms with van der Waals surface area (Å²) in [5.41, 5.74) is 1.85. The van der Waals surface area contributed by atoms with Gasteiger partial charge in [0.05, 0.1) is 11.6 Å². The number of halogens is 1. The fourth-order valence-electron chi connectivity index (χ4n) is 4.24. The van der Waals surface area contributed by atoms with Gasteiger partial charge in [-0.3, -0.25) is 4.90 Å². The third kappa shape index (κ3) is 3.99. The molecule has 1 amide bonds. The summed E-state index contributed by atoms with van der Waals surface area (Å²) in [7, 11) is 0. The zero-order valence-electron chi connectivity index (χ0n) is 18.7. The Kier molecular flexibility index (Phi) is 5.19. The van der Waals surface area contributed by atoms with Gasteiger partial charge in [0.25, 0.3) is 0 Å². The standard InChI is InChI=1S/C24H25FN6O2/c1-14-10-16(4-7-19(14)25)17-11-27-21(28-12-17)15(2)29-22-26-9-8-20(30-22)31-23(32)33-13-24(31,3)18-5-6-18/h4,7-12,15,18H,5-6,13H2,1-3H3,(H,26,29,30)/t15?,24-/m1/s1. The van der Waals surface area contributed by atoms with Gasteiger partial charge in [-0.2, -0.15) is 4.98 Å². The molecule has 1 aromatic carbocycles. The Morgan fingerprint density at radius 1 is 1.18 bits per heavy atom. The van der Waals surface area contributed by atoms with Crippen molar-refractivity contribution in [3.63, 3.8) is 0 Å². The summed E-state index contributed by atoms with van der Waals surface area (Å²) in [4.78, 5) is 31.9. The molecule has 1 aliphatic heterocycles. The van der Waals surface area contributed by atoms with E-state index in [2.05, 4.69) is 25.3 Å². The molecule has 1 N–H and O–H groups in total. The summed E-state index contributed by atoms with van der Waals surface area (Å²) in [5.74, 6) is 1.64. The van der Waals surface area contributed by atoms with E-state index in [-0.39, 0.29) is 23.5 Å². The number of carbonyl (C=O) groups excluding carboxylic acids is 1. The van der Waals surface area contributed by atoms with Gasteiger partial charge in [0.2, 0.25) is 5.95 Å². The van der Waals surface area contributed by atoms with E-state index in [9.17, 15) is 9.18 Å². The molecule has 0 radical (unpaired) electrons. The van der Waals surface area contributed by atoms with Gasteiger partial charge < -0.3 is 10.1 Å². The Morgan fingerprint density at radius 3 is 2.64 bits per heavy atom. The van der Waals surface area contributed by atoms with Crippen molar-refractivity contribution in [2.45, 2.75) is 45.2 Å².